The molecule has 0 aliphatic heterocycles. The maximum Gasteiger partial charge on any atom is 0.290 e. The third kappa shape index (κ3) is 2.18. The number of halogens is 1. The third-order valence-electron chi connectivity index (χ3n) is 1.50. The molecule has 0 aliphatic carbocycles. The Hall–Kier alpha value is -1.77. The van der Waals surface area contributed by atoms with E-state index in [0.29, 0.717) is 0 Å². The summed E-state index contributed by atoms with van der Waals surface area (Å²) in [5.41, 5.74) is 4.98. The maximum atomic E-state index is 10.6. The lowest BCUT2D eigenvalue weighted by atomic mass is 10.6. The number of nitrogens with zero attached hydrogens (tertiary/aromatic N) is 6. The fraction of sp³-hybridized carbons (Fsp3) is 0.167. The second-order valence-corrected chi connectivity index (χ2v) is 3.60. The van der Waals surface area contributed by atoms with Crippen molar-refractivity contribution >= 4 is 21.8 Å². The molecule has 1 amide bonds. The average molecular weight is 272 g/mol. The number of hydrogen-bond acceptors (Lipinski definition) is 5. The van der Waals surface area contributed by atoms with E-state index in [1.165, 1.54) is 4.68 Å². The van der Waals surface area contributed by atoms with Crippen LogP contribution in [0.1, 0.15) is 0 Å². The molecule has 0 radical (unpaired) electrons. The highest BCUT2D eigenvalue weighted by atomic mass is 79.9. The van der Waals surface area contributed by atoms with E-state index in [9.17, 15) is 4.79 Å². The molecule has 2 heterocycles. The van der Waals surface area contributed by atoms with Gasteiger partial charge in [0.1, 0.15) is 6.54 Å². The zero-order valence-electron chi connectivity index (χ0n) is 7.41. The minimum atomic E-state index is -0.527. The number of tetrazole rings is 1. The molecule has 15 heavy (non-hydrogen) atoms. The monoisotopic (exact) mass is 271 g/mol. The van der Waals surface area contributed by atoms with E-state index in [4.69, 9.17) is 5.73 Å². The van der Waals surface area contributed by atoms with Crippen LogP contribution in [0, 0.1) is 0 Å². The largest absolute Gasteiger partial charge is 0.368 e. The zero-order valence-corrected chi connectivity index (χ0v) is 8.99. The number of carbonyl (C=O) groups excluding carboxylic acids is 1. The lowest BCUT2D eigenvalue weighted by Gasteiger charge is -1.91. The lowest BCUT2D eigenvalue weighted by molar-refractivity contribution is -0.118. The molecule has 8 nitrogen and oxygen atoms in total. The summed E-state index contributed by atoms with van der Waals surface area (Å²) in [6, 6.07) is 0. The molecule has 0 aliphatic rings. The number of nitrogens with two attached hydrogens (primary N) is 1. The number of primary amides is 1. The Balaban J connectivity index is 2.23. The number of carbonyl (C=O) groups is 1. The first kappa shape index (κ1) is 9.77. The Labute approximate surface area is 92.2 Å². The van der Waals surface area contributed by atoms with E-state index in [1.54, 1.807) is 12.4 Å². The van der Waals surface area contributed by atoms with E-state index in [0.717, 1.165) is 9.27 Å². The van der Waals surface area contributed by atoms with Crippen LogP contribution in [0.2, 0.25) is 0 Å². The minimum Gasteiger partial charge on any atom is -0.368 e. The molecular weight excluding hydrogens is 266 g/mol. The second kappa shape index (κ2) is 3.77. The van der Waals surface area contributed by atoms with Crippen molar-refractivity contribution in [2.45, 2.75) is 6.54 Å². The molecule has 2 aromatic heterocycles. The van der Waals surface area contributed by atoms with Crippen molar-refractivity contribution in [3.8, 4) is 5.95 Å². The smallest absolute Gasteiger partial charge is 0.290 e. The first-order valence-electron chi connectivity index (χ1n) is 3.92. The van der Waals surface area contributed by atoms with Gasteiger partial charge in [-0.25, -0.2) is 4.68 Å². The van der Waals surface area contributed by atoms with Crippen LogP contribution in [0.3, 0.4) is 0 Å². The van der Waals surface area contributed by atoms with Gasteiger partial charge in [-0.3, -0.25) is 4.79 Å². The SMILES string of the molecule is NC(=O)Cn1nnc(-n2cc(Br)cn2)n1. The van der Waals surface area contributed by atoms with E-state index in [-0.39, 0.29) is 12.5 Å². The molecule has 2 N–H and O–H groups in total. The van der Waals surface area contributed by atoms with Crippen molar-refractivity contribution < 1.29 is 4.79 Å². The van der Waals surface area contributed by atoms with Gasteiger partial charge in [0, 0.05) is 6.20 Å². The summed E-state index contributed by atoms with van der Waals surface area (Å²) >= 11 is 3.24. The van der Waals surface area contributed by atoms with Crippen molar-refractivity contribution in [2.75, 3.05) is 0 Å². The van der Waals surface area contributed by atoms with Crippen LogP contribution < -0.4 is 5.73 Å². The quantitative estimate of drug-likeness (QED) is 0.780. The first-order chi connectivity index (χ1) is 7.15. The van der Waals surface area contributed by atoms with Crippen molar-refractivity contribution in [1.29, 1.82) is 0 Å². The van der Waals surface area contributed by atoms with Crippen LogP contribution in [0.4, 0.5) is 0 Å². The van der Waals surface area contributed by atoms with E-state index in [1.807, 2.05) is 0 Å². The number of aromatic nitrogens is 6. The number of rotatable bonds is 3. The molecule has 0 saturated heterocycles. The summed E-state index contributed by atoms with van der Waals surface area (Å²) in [5.74, 6) is -0.248. The summed E-state index contributed by atoms with van der Waals surface area (Å²) in [5, 5.41) is 15.2. The second-order valence-electron chi connectivity index (χ2n) is 2.69. The number of hydrogen-bond donors (Lipinski definition) is 1. The van der Waals surface area contributed by atoms with Gasteiger partial charge in [0.25, 0.3) is 5.95 Å². The maximum absolute atomic E-state index is 10.6. The van der Waals surface area contributed by atoms with Crippen LogP contribution >= 0.6 is 15.9 Å². The molecule has 0 fully saturated rings. The molecule has 78 valence electrons. The number of amides is 1. The standard InChI is InChI=1S/C6H6BrN7O/c7-4-1-9-13(2-4)6-10-12-14(11-6)3-5(8)15/h1-2H,3H2,(H2,8,15). The summed E-state index contributed by atoms with van der Waals surface area (Å²) < 4.78 is 2.22. The van der Waals surface area contributed by atoms with Gasteiger partial charge in [-0.2, -0.15) is 9.90 Å². The molecular formula is C6H6BrN7O. The van der Waals surface area contributed by atoms with Gasteiger partial charge >= 0.3 is 0 Å². The topological polar surface area (TPSA) is 105 Å². The van der Waals surface area contributed by atoms with Gasteiger partial charge in [0.05, 0.1) is 10.7 Å². The van der Waals surface area contributed by atoms with Crippen molar-refractivity contribution in [2.24, 2.45) is 5.73 Å². The highest BCUT2D eigenvalue weighted by Gasteiger charge is 2.07. The summed E-state index contributed by atoms with van der Waals surface area (Å²) in [6.45, 7) is -0.102. The third-order valence-corrected chi connectivity index (χ3v) is 1.91. The normalized spacial score (nSPS) is 10.5. The fourth-order valence-electron chi connectivity index (χ4n) is 0.943. The molecule has 0 atom stereocenters. The van der Waals surface area contributed by atoms with Crippen LogP contribution in [-0.4, -0.2) is 35.9 Å². The molecule has 0 saturated carbocycles. The van der Waals surface area contributed by atoms with Gasteiger partial charge in [0.15, 0.2) is 0 Å². The first-order valence-corrected chi connectivity index (χ1v) is 4.71. The predicted octanol–water partition coefficient (Wildman–Crippen LogP) is -0.893. The Bertz CT molecular complexity index is 489. The van der Waals surface area contributed by atoms with E-state index < -0.39 is 5.91 Å². The average Bonchev–Trinajstić information content (AvgIpc) is 2.72. The fourth-order valence-corrected chi connectivity index (χ4v) is 1.23. The summed E-state index contributed by atoms with van der Waals surface area (Å²) in [4.78, 5) is 11.7. The van der Waals surface area contributed by atoms with Gasteiger partial charge in [-0.15, -0.1) is 5.10 Å². The Kier molecular flexibility index (Phi) is 2.46. The van der Waals surface area contributed by atoms with E-state index >= 15 is 0 Å². The molecule has 2 rings (SSSR count). The Morgan fingerprint density at radius 1 is 1.60 bits per heavy atom. The van der Waals surface area contributed by atoms with E-state index in [2.05, 4.69) is 36.4 Å². The lowest BCUT2D eigenvalue weighted by Crippen LogP contribution is -2.20. The van der Waals surface area contributed by atoms with Gasteiger partial charge in [-0.1, -0.05) is 5.10 Å². The molecule has 0 spiro atoms. The van der Waals surface area contributed by atoms with Gasteiger partial charge in [0.2, 0.25) is 5.91 Å². The van der Waals surface area contributed by atoms with Crippen LogP contribution in [-0.2, 0) is 11.3 Å². The van der Waals surface area contributed by atoms with Gasteiger partial charge < -0.3 is 5.73 Å². The summed E-state index contributed by atoms with van der Waals surface area (Å²) in [7, 11) is 0. The van der Waals surface area contributed by atoms with Crippen LogP contribution in [0.5, 0.6) is 0 Å². The van der Waals surface area contributed by atoms with Crippen molar-refractivity contribution in [3.05, 3.63) is 16.9 Å². The van der Waals surface area contributed by atoms with Crippen LogP contribution in [0.25, 0.3) is 5.95 Å². The van der Waals surface area contributed by atoms with Crippen molar-refractivity contribution in [1.82, 2.24) is 30.0 Å². The molecule has 9 heteroatoms. The minimum absolute atomic E-state index is 0.102. The Morgan fingerprint density at radius 3 is 3.00 bits per heavy atom. The Morgan fingerprint density at radius 2 is 2.40 bits per heavy atom. The predicted molar refractivity (Wildman–Crippen MR) is 51.8 cm³/mol. The highest BCUT2D eigenvalue weighted by Crippen LogP contribution is 2.08. The molecule has 0 aromatic carbocycles. The zero-order chi connectivity index (χ0) is 10.8. The van der Waals surface area contributed by atoms with Crippen molar-refractivity contribution in [3.63, 3.8) is 0 Å². The molecule has 2 aromatic rings. The van der Waals surface area contributed by atoms with Gasteiger partial charge in [-0.05, 0) is 21.1 Å². The summed E-state index contributed by atoms with van der Waals surface area (Å²) in [6.07, 6.45) is 3.26. The molecule has 0 bridgehead atoms. The van der Waals surface area contributed by atoms with Crippen LogP contribution in [0.15, 0.2) is 16.9 Å². The molecule has 0 unspecified atom stereocenters. The highest BCUT2D eigenvalue weighted by molar-refractivity contribution is 9.10.